The molecule has 0 radical (unpaired) electrons. The number of nitrogens with two attached hydrogens (primary N) is 1. The van der Waals surface area contributed by atoms with Crippen molar-refractivity contribution in [1.82, 2.24) is 10.4 Å². The molecule has 1 aliphatic heterocycles. The highest BCUT2D eigenvalue weighted by molar-refractivity contribution is 5.82. The van der Waals surface area contributed by atoms with E-state index in [1.165, 1.54) is 37.1 Å². The van der Waals surface area contributed by atoms with Crippen LogP contribution < -0.4 is 11.2 Å². The Bertz CT molecular complexity index is 1170. The van der Waals surface area contributed by atoms with Crippen molar-refractivity contribution in [3.8, 4) is 0 Å². The van der Waals surface area contributed by atoms with E-state index in [4.69, 9.17) is 15.2 Å². The Morgan fingerprint density at radius 1 is 1.02 bits per heavy atom. The van der Waals surface area contributed by atoms with E-state index in [2.05, 4.69) is 5.43 Å². The average molecular weight is 580 g/mol. The number of fused-ring (bicyclic) bond motifs is 1. The molecule has 2 fully saturated rings. The smallest absolute Gasteiger partial charge is 0.426 e. The molecule has 42 heavy (non-hydrogen) atoms. The lowest BCUT2D eigenvalue weighted by Crippen LogP contribution is -2.54. The lowest BCUT2D eigenvalue weighted by molar-refractivity contribution is -0.146. The van der Waals surface area contributed by atoms with Crippen LogP contribution in [0.2, 0.25) is 0 Å². The summed E-state index contributed by atoms with van der Waals surface area (Å²) in [6.07, 6.45) is 5.90. The Morgan fingerprint density at radius 2 is 1.74 bits per heavy atom. The van der Waals surface area contributed by atoms with Crippen molar-refractivity contribution in [2.24, 2.45) is 17.6 Å². The van der Waals surface area contributed by atoms with Gasteiger partial charge in [0.25, 0.3) is 0 Å². The second kappa shape index (κ2) is 14.5. The fourth-order valence-electron chi connectivity index (χ4n) is 6.80. The summed E-state index contributed by atoms with van der Waals surface area (Å²) < 4.78 is 10.9. The summed E-state index contributed by atoms with van der Waals surface area (Å²) in [6.45, 7) is 0.799. The van der Waals surface area contributed by atoms with E-state index in [1.807, 2.05) is 54.6 Å². The zero-order valence-electron chi connectivity index (χ0n) is 24.3. The summed E-state index contributed by atoms with van der Waals surface area (Å²) >= 11 is 0. The molecular formula is C33H45N3O6. The predicted octanol–water partition coefficient (Wildman–Crippen LogP) is 4.33. The van der Waals surface area contributed by atoms with Crippen molar-refractivity contribution in [2.45, 2.75) is 94.6 Å². The molecule has 5 rings (SSSR count). The Morgan fingerprint density at radius 3 is 2.45 bits per heavy atom. The molecule has 2 aliphatic carbocycles. The van der Waals surface area contributed by atoms with Crippen molar-refractivity contribution in [3.63, 3.8) is 0 Å². The molecule has 0 aromatic heterocycles. The first-order valence-electron chi connectivity index (χ1n) is 15.5. The van der Waals surface area contributed by atoms with E-state index >= 15 is 0 Å². The summed E-state index contributed by atoms with van der Waals surface area (Å²) in [7, 11) is 0. The number of hydrogen-bond donors (Lipinski definition) is 4. The highest BCUT2D eigenvalue weighted by Gasteiger charge is 2.45. The van der Waals surface area contributed by atoms with E-state index in [0.717, 1.165) is 17.5 Å². The SMILES string of the molecule is N[C@@H]1c2ccccc2[C@H](N(NC(=O)O[C@H]2CCOC2)C(=O)[C@H](Cc2ccccc2)C[C@@H](O)CCC2CCCCC2)[C@@H]1O. The molecule has 9 nitrogen and oxygen atoms in total. The molecular weight excluding hydrogens is 534 g/mol. The largest absolute Gasteiger partial charge is 0.442 e. The maximum Gasteiger partial charge on any atom is 0.426 e. The number of rotatable bonds is 10. The standard InChI is InChI=1S/C33H45N3O6/c34-29-27-13-7-8-14-28(27)30(31(29)38)36(35-33(40)42-26-17-18-41-21-26)32(39)24(19-23-11-5-2-6-12-23)20-25(37)16-15-22-9-3-1-4-10-22/h2,5-8,11-14,22,24-26,29-31,37-38H,1,3-4,9-10,15-21,34H2,(H,35,40)/t24-,25+,26+,29-,30+,31-/m1/s1. The predicted molar refractivity (Wildman–Crippen MR) is 158 cm³/mol. The van der Waals surface area contributed by atoms with Gasteiger partial charge in [0, 0.05) is 12.3 Å². The lowest BCUT2D eigenvalue weighted by atomic mass is 9.84. The molecule has 3 aliphatic rings. The van der Waals surface area contributed by atoms with Crippen molar-refractivity contribution in [2.75, 3.05) is 13.2 Å². The van der Waals surface area contributed by atoms with Gasteiger partial charge in [0.15, 0.2) is 0 Å². The van der Waals surface area contributed by atoms with Crippen LogP contribution in [0.1, 0.15) is 86.6 Å². The molecule has 2 aromatic carbocycles. The summed E-state index contributed by atoms with van der Waals surface area (Å²) in [5.41, 5.74) is 11.4. The number of nitrogens with one attached hydrogen (secondary N) is 1. The molecule has 0 bridgehead atoms. The van der Waals surface area contributed by atoms with Crippen LogP contribution >= 0.6 is 0 Å². The Balaban J connectivity index is 1.39. The minimum Gasteiger partial charge on any atom is -0.442 e. The van der Waals surface area contributed by atoms with Gasteiger partial charge < -0.3 is 25.4 Å². The number of hydrogen-bond acceptors (Lipinski definition) is 7. The molecule has 1 saturated heterocycles. The first-order chi connectivity index (χ1) is 20.4. The van der Waals surface area contributed by atoms with Crippen LogP contribution in [0.25, 0.3) is 0 Å². The van der Waals surface area contributed by atoms with Gasteiger partial charge >= 0.3 is 6.09 Å². The number of aliphatic hydroxyl groups excluding tert-OH is 2. The van der Waals surface area contributed by atoms with E-state index in [1.54, 1.807) is 0 Å². The maximum atomic E-state index is 14.5. The van der Waals surface area contributed by atoms with Crippen LogP contribution in [0, 0.1) is 11.8 Å². The normalized spacial score (nSPS) is 25.4. The van der Waals surface area contributed by atoms with Crippen LogP contribution in [-0.2, 0) is 20.7 Å². The molecule has 1 saturated carbocycles. The Hall–Kier alpha value is -2.98. The summed E-state index contributed by atoms with van der Waals surface area (Å²) in [5.74, 6) is -0.431. The Kier molecular flexibility index (Phi) is 10.5. The van der Waals surface area contributed by atoms with Gasteiger partial charge in [-0.3, -0.25) is 4.79 Å². The van der Waals surface area contributed by atoms with E-state index in [9.17, 15) is 19.8 Å². The minimum atomic E-state index is -1.14. The van der Waals surface area contributed by atoms with Gasteiger partial charge in [-0.2, -0.15) is 0 Å². The molecule has 5 N–H and O–H groups in total. The van der Waals surface area contributed by atoms with Crippen LogP contribution in [0.5, 0.6) is 0 Å². The third kappa shape index (κ3) is 7.50. The van der Waals surface area contributed by atoms with Gasteiger partial charge in [0.05, 0.1) is 31.5 Å². The van der Waals surface area contributed by atoms with Gasteiger partial charge in [0.2, 0.25) is 5.91 Å². The zero-order chi connectivity index (χ0) is 29.5. The third-order valence-corrected chi connectivity index (χ3v) is 9.12. The fourth-order valence-corrected chi connectivity index (χ4v) is 6.80. The number of aliphatic hydroxyl groups is 2. The number of ether oxygens (including phenoxy) is 2. The molecule has 9 heteroatoms. The van der Waals surface area contributed by atoms with Gasteiger partial charge in [0.1, 0.15) is 12.1 Å². The minimum absolute atomic E-state index is 0.237. The molecule has 228 valence electrons. The zero-order valence-corrected chi connectivity index (χ0v) is 24.3. The molecule has 6 atom stereocenters. The van der Waals surface area contributed by atoms with E-state index in [-0.39, 0.29) is 6.42 Å². The van der Waals surface area contributed by atoms with Crippen LogP contribution in [-0.4, -0.2) is 58.7 Å². The second-order valence-electron chi connectivity index (χ2n) is 12.2. The fraction of sp³-hybridized carbons (Fsp3) is 0.576. The summed E-state index contributed by atoms with van der Waals surface area (Å²) in [4.78, 5) is 27.6. The van der Waals surface area contributed by atoms with Crippen LogP contribution in [0.15, 0.2) is 54.6 Å². The van der Waals surface area contributed by atoms with Crippen molar-refractivity contribution in [3.05, 3.63) is 71.3 Å². The highest BCUT2D eigenvalue weighted by Crippen LogP contribution is 2.41. The number of nitrogens with zero attached hydrogens (tertiary/aromatic N) is 1. The van der Waals surface area contributed by atoms with Gasteiger partial charge in [-0.1, -0.05) is 86.7 Å². The number of amides is 2. The quantitative estimate of drug-likeness (QED) is 0.308. The Labute approximate surface area is 248 Å². The van der Waals surface area contributed by atoms with Crippen molar-refractivity contribution >= 4 is 12.0 Å². The average Bonchev–Trinajstić information content (AvgIpc) is 3.61. The van der Waals surface area contributed by atoms with Crippen LogP contribution in [0.4, 0.5) is 4.79 Å². The number of benzene rings is 2. The molecule has 0 spiro atoms. The first kappa shape index (κ1) is 30.5. The number of carbonyl (C=O) groups excluding carboxylic acids is 2. The van der Waals surface area contributed by atoms with Gasteiger partial charge in [-0.05, 0) is 48.3 Å². The maximum absolute atomic E-state index is 14.5. The lowest BCUT2D eigenvalue weighted by Gasteiger charge is -2.35. The third-order valence-electron chi connectivity index (χ3n) is 9.12. The monoisotopic (exact) mass is 579 g/mol. The van der Waals surface area contributed by atoms with Crippen LogP contribution in [0.3, 0.4) is 0 Å². The molecule has 2 amide bonds. The second-order valence-corrected chi connectivity index (χ2v) is 12.2. The van der Waals surface area contributed by atoms with Gasteiger partial charge in [-0.25, -0.2) is 15.2 Å². The highest BCUT2D eigenvalue weighted by atomic mass is 16.6. The van der Waals surface area contributed by atoms with E-state index in [0.29, 0.717) is 44.0 Å². The van der Waals surface area contributed by atoms with Crippen molar-refractivity contribution < 1.29 is 29.3 Å². The topological polar surface area (TPSA) is 134 Å². The summed E-state index contributed by atoms with van der Waals surface area (Å²) in [6, 6.07) is 15.3. The molecule has 2 aromatic rings. The number of hydrazine groups is 1. The van der Waals surface area contributed by atoms with E-state index < -0.39 is 48.3 Å². The number of carbonyl (C=O) groups is 2. The molecule has 0 unspecified atom stereocenters. The van der Waals surface area contributed by atoms with Gasteiger partial charge in [-0.15, -0.1) is 0 Å². The first-order valence-corrected chi connectivity index (χ1v) is 15.5. The summed E-state index contributed by atoms with van der Waals surface area (Å²) in [5, 5.41) is 23.7. The molecule has 1 heterocycles. The van der Waals surface area contributed by atoms with Crippen molar-refractivity contribution in [1.29, 1.82) is 0 Å².